The fourth-order valence-corrected chi connectivity index (χ4v) is 2.45. The van der Waals surface area contributed by atoms with Crippen LogP contribution < -0.4 is 16.2 Å². The SMILES string of the molecule is CC(C)C[C@@H](COc1ccc(-c2ccnc(N)c2)cc1F)OC(N)=O. The van der Waals surface area contributed by atoms with E-state index < -0.39 is 18.0 Å². The number of nitrogens with two attached hydrogens (primary N) is 2. The van der Waals surface area contributed by atoms with Crippen molar-refractivity contribution in [2.24, 2.45) is 11.7 Å². The van der Waals surface area contributed by atoms with Crippen LogP contribution in [0.5, 0.6) is 5.75 Å². The first kappa shape index (κ1) is 18.5. The maximum Gasteiger partial charge on any atom is 0.404 e. The van der Waals surface area contributed by atoms with E-state index in [2.05, 4.69) is 4.98 Å². The van der Waals surface area contributed by atoms with Crippen molar-refractivity contribution >= 4 is 11.9 Å². The summed E-state index contributed by atoms with van der Waals surface area (Å²) in [6, 6.07) is 8.01. The molecule has 0 saturated heterocycles. The van der Waals surface area contributed by atoms with Crippen molar-refractivity contribution in [1.29, 1.82) is 0 Å². The van der Waals surface area contributed by atoms with Crippen LogP contribution in [0.1, 0.15) is 20.3 Å². The maximum absolute atomic E-state index is 14.3. The second-order valence-corrected chi connectivity index (χ2v) is 6.11. The van der Waals surface area contributed by atoms with E-state index in [0.29, 0.717) is 17.8 Å². The van der Waals surface area contributed by atoms with E-state index in [1.807, 2.05) is 13.8 Å². The van der Waals surface area contributed by atoms with Gasteiger partial charge >= 0.3 is 6.09 Å². The van der Waals surface area contributed by atoms with Crippen LogP contribution in [-0.4, -0.2) is 23.8 Å². The Morgan fingerprint density at radius 2 is 1.96 bits per heavy atom. The molecule has 0 bridgehead atoms. The summed E-state index contributed by atoms with van der Waals surface area (Å²) in [5.74, 6) is 0.193. The van der Waals surface area contributed by atoms with Crippen molar-refractivity contribution in [3.05, 3.63) is 42.3 Å². The first-order valence-corrected chi connectivity index (χ1v) is 7.95. The topological polar surface area (TPSA) is 100 Å². The van der Waals surface area contributed by atoms with Gasteiger partial charge in [-0.3, -0.25) is 0 Å². The molecule has 0 fully saturated rings. The van der Waals surface area contributed by atoms with Gasteiger partial charge in [0.1, 0.15) is 18.5 Å². The maximum atomic E-state index is 14.3. The van der Waals surface area contributed by atoms with Crippen LogP contribution in [0.4, 0.5) is 15.0 Å². The van der Waals surface area contributed by atoms with Crippen molar-refractivity contribution in [2.75, 3.05) is 12.3 Å². The predicted molar refractivity (Wildman–Crippen MR) is 93.4 cm³/mol. The zero-order valence-electron chi connectivity index (χ0n) is 14.2. The predicted octanol–water partition coefficient (Wildman–Crippen LogP) is 3.36. The lowest BCUT2D eigenvalue weighted by Gasteiger charge is -2.19. The van der Waals surface area contributed by atoms with Gasteiger partial charge in [0.15, 0.2) is 11.6 Å². The highest BCUT2D eigenvalue weighted by atomic mass is 19.1. The van der Waals surface area contributed by atoms with E-state index in [4.69, 9.17) is 20.9 Å². The number of ether oxygens (including phenoxy) is 2. The number of amides is 1. The summed E-state index contributed by atoms with van der Waals surface area (Å²) < 4.78 is 24.8. The first-order valence-electron chi connectivity index (χ1n) is 7.95. The summed E-state index contributed by atoms with van der Waals surface area (Å²) in [6.07, 6.45) is 0.723. The quantitative estimate of drug-likeness (QED) is 0.800. The summed E-state index contributed by atoms with van der Waals surface area (Å²) in [4.78, 5) is 14.9. The molecule has 0 saturated carbocycles. The summed E-state index contributed by atoms with van der Waals surface area (Å²) in [6.45, 7) is 3.99. The van der Waals surface area contributed by atoms with Crippen LogP contribution in [0.25, 0.3) is 11.1 Å². The highest BCUT2D eigenvalue weighted by molar-refractivity contribution is 5.66. The third-order valence-corrected chi connectivity index (χ3v) is 3.49. The van der Waals surface area contributed by atoms with E-state index >= 15 is 0 Å². The highest BCUT2D eigenvalue weighted by Crippen LogP contribution is 2.26. The molecule has 1 heterocycles. The van der Waals surface area contributed by atoms with Crippen LogP contribution >= 0.6 is 0 Å². The summed E-state index contributed by atoms with van der Waals surface area (Å²) in [5.41, 5.74) is 12.1. The molecule has 1 aromatic heterocycles. The van der Waals surface area contributed by atoms with Crippen LogP contribution in [0.15, 0.2) is 36.5 Å². The normalized spacial score (nSPS) is 12.0. The number of rotatable bonds is 7. The Balaban J connectivity index is 2.08. The second-order valence-electron chi connectivity index (χ2n) is 6.11. The molecular formula is C18H22FN3O3. The van der Waals surface area contributed by atoms with Gasteiger partial charge in [-0.05, 0) is 47.7 Å². The van der Waals surface area contributed by atoms with E-state index in [1.165, 1.54) is 12.1 Å². The molecule has 134 valence electrons. The third kappa shape index (κ3) is 5.63. The minimum Gasteiger partial charge on any atom is -0.487 e. The molecule has 0 aliphatic rings. The molecule has 6 nitrogen and oxygen atoms in total. The molecule has 7 heteroatoms. The zero-order valence-corrected chi connectivity index (χ0v) is 14.2. The number of carbonyl (C=O) groups is 1. The summed E-state index contributed by atoms with van der Waals surface area (Å²) in [5, 5.41) is 0. The molecule has 2 aromatic rings. The number of nitrogens with zero attached hydrogens (tertiary/aromatic N) is 1. The molecule has 25 heavy (non-hydrogen) atoms. The number of carbonyl (C=O) groups excluding carboxylic acids is 1. The van der Waals surface area contributed by atoms with E-state index in [-0.39, 0.29) is 18.3 Å². The van der Waals surface area contributed by atoms with Crippen LogP contribution in [0, 0.1) is 11.7 Å². The molecule has 2 rings (SSSR count). The average Bonchev–Trinajstić information content (AvgIpc) is 2.52. The van der Waals surface area contributed by atoms with Crippen molar-refractivity contribution < 1.29 is 18.7 Å². The van der Waals surface area contributed by atoms with Crippen LogP contribution in [0.2, 0.25) is 0 Å². The molecule has 4 N–H and O–H groups in total. The summed E-state index contributed by atoms with van der Waals surface area (Å²) in [7, 11) is 0. The van der Waals surface area contributed by atoms with Crippen LogP contribution in [-0.2, 0) is 4.74 Å². The lowest BCUT2D eigenvalue weighted by atomic mass is 10.1. The molecule has 0 unspecified atom stereocenters. The number of hydrogen-bond donors (Lipinski definition) is 2. The Morgan fingerprint density at radius 3 is 2.56 bits per heavy atom. The largest absolute Gasteiger partial charge is 0.487 e. The number of anilines is 1. The molecule has 1 aromatic carbocycles. The van der Waals surface area contributed by atoms with Gasteiger partial charge in [0.05, 0.1) is 0 Å². The van der Waals surface area contributed by atoms with Gasteiger partial charge in [-0.1, -0.05) is 19.9 Å². The van der Waals surface area contributed by atoms with Crippen LogP contribution in [0.3, 0.4) is 0 Å². The second kappa shape index (κ2) is 8.32. The monoisotopic (exact) mass is 347 g/mol. The van der Waals surface area contributed by atoms with Gasteiger partial charge in [0.25, 0.3) is 0 Å². The average molecular weight is 347 g/mol. The van der Waals surface area contributed by atoms with Crippen molar-refractivity contribution in [2.45, 2.75) is 26.4 Å². The van der Waals surface area contributed by atoms with Gasteiger partial charge in [-0.25, -0.2) is 14.2 Å². The molecule has 0 aliphatic heterocycles. The molecular weight excluding hydrogens is 325 g/mol. The van der Waals surface area contributed by atoms with Crippen molar-refractivity contribution in [3.8, 4) is 16.9 Å². The van der Waals surface area contributed by atoms with Crippen molar-refractivity contribution in [1.82, 2.24) is 4.98 Å². The zero-order chi connectivity index (χ0) is 18.4. The third-order valence-electron chi connectivity index (χ3n) is 3.49. The lowest BCUT2D eigenvalue weighted by Crippen LogP contribution is -2.29. The number of pyridine rings is 1. The molecule has 0 spiro atoms. The summed E-state index contributed by atoms with van der Waals surface area (Å²) >= 11 is 0. The standard InChI is InChI=1S/C18H22FN3O3/c1-11(2)7-14(25-18(21)23)10-24-16-4-3-12(8-15(16)19)13-5-6-22-17(20)9-13/h3-6,8-9,11,14H,7,10H2,1-2H3,(H2,20,22)(H2,21,23)/t14-/m0/s1. The van der Waals surface area contributed by atoms with Gasteiger partial charge in [0.2, 0.25) is 0 Å². The van der Waals surface area contributed by atoms with Gasteiger partial charge < -0.3 is 20.9 Å². The fraction of sp³-hybridized carbons (Fsp3) is 0.333. The Bertz CT molecular complexity index is 737. The highest BCUT2D eigenvalue weighted by Gasteiger charge is 2.17. The van der Waals surface area contributed by atoms with Gasteiger partial charge in [-0.2, -0.15) is 0 Å². The van der Waals surface area contributed by atoms with Gasteiger partial charge in [-0.15, -0.1) is 0 Å². The fourth-order valence-electron chi connectivity index (χ4n) is 2.45. The first-order chi connectivity index (χ1) is 11.8. The smallest absolute Gasteiger partial charge is 0.404 e. The number of halogens is 1. The number of benzene rings is 1. The molecule has 1 amide bonds. The number of hydrogen-bond acceptors (Lipinski definition) is 5. The number of primary amides is 1. The lowest BCUT2D eigenvalue weighted by molar-refractivity contribution is 0.0580. The minimum absolute atomic E-state index is 0.0274. The van der Waals surface area contributed by atoms with Gasteiger partial charge in [0, 0.05) is 6.20 Å². The van der Waals surface area contributed by atoms with E-state index in [9.17, 15) is 9.18 Å². The van der Waals surface area contributed by atoms with E-state index in [1.54, 1.807) is 24.4 Å². The molecule has 0 radical (unpaired) electrons. The Morgan fingerprint density at radius 1 is 1.24 bits per heavy atom. The Kier molecular flexibility index (Phi) is 6.16. The Hall–Kier alpha value is -2.83. The Labute approximate surface area is 145 Å². The van der Waals surface area contributed by atoms with E-state index in [0.717, 1.165) is 5.56 Å². The minimum atomic E-state index is -0.875. The number of aromatic nitrogens is 1. The molecule has 0 aliphatic carbocycles. The molecule has 1 atom stereocenters. The van der Waals surface area contributed by atoms with Crippen molar-refractivity contribution in [3.63, 3.8) is 0 Å². The number of nitrogen functional groups attached to an aromatic ring is 1.